The summed E-state index contributed by atoms with van der Waals surface area (Å²) in [5.74, 6) is 0.00197. The number of hydrogen-bond acceptors (Lipinski definition) is 2. The van der Waals surface area contributed by atoms with E-state index in [4.69, 9.17) is 4.74 Å². The molecular weight excluding hydrogens is 356 g/mol. The zero-order chi connectivity index (χ0) is 21.3. The van der Waals surface area contributed by atoms with Crippen molar-refractivity contribution in [1.82, 2.24) is 0 Å². The quantitative estimate of drug-likeness (QED) is 0.0956. The van der Waals surface area contributed by atoms with Gasteiger partial charge >= 0.3 is 5.97 Å². The summed E-state index contributed by atoms with van der Waals surface area (Å²) in [6.07, 6.45) is 31.3. The van der Waals surface area contributed by atoms with E-state index < -0.39 is 0 Å². The van der Waals surface area contributed by atoms with Gasteiger partial charge in [0.15, 0.2) is 0 Å². The predicted octanol–water partition coefficient (Wildman–Crippen LogP) is 9.32. The van der Waals surface area contributed by atoms with Crippen molar-refractivity contribution in [2.75, 3.05) is 6.61 Å². The predicted molar refractivity (Wildman–Crippen MR) is 128 cm³/mol. The Morgan fingerprint density at radius 3 is 1.48 bits per heavy atom. The number of rotatable bonds is 23. The van der Waals surface area contributed by atoms with Gasteiger partial charge in [-0.2, -0.15) is 0 Å². The topological polar surface area (TPSA) is 26.3 Å². The standard InChI is InChI=1S/C27H52O2/c1-3-5-7-8-9-10-11-12-13-14-15-16-17-18-19-20-21-22-23-25-27(28)29-26-24-6-4-2/h12-13H,3-11,14-26H2,1-2H3/b13-12-. The first kappa shape index (κ1) is 28.2. The van der Waals surface area contributed by atoms with Crippen molar-refractivity contribution in [2.24, 2.45) is 0 Å². The van der Waals surface area contributed by atoms with Crippen molar-refractivity contribution in [3.63, 3.8) is 0 Å². The molecule has 172 valence electrons. The first-order valence-corrected chi connectivity index (χ1v) is 13.1. The normalized spacial score (nSPS) is 11.4. The highest BCUT2D eigenvalue weighted by Crippen LogP contribution is 2.12. The maximum Gasteiger partial charge on any atom is 0.305 e. The molecule has 0 atom stereocenters. The third-order valence-corrected chi connectivity index (χ3v) is 5.65. The van der Waals surface area contributed by atoms with Gasteiger partial charge < -0.3 is 4.74 Å². The van der Waals surface area contributed by atoms with Gasteiger partial charge in [-0.05, 0) is 38.5 Å². The highest BCUT2D eigenvalue weighted by molar-refractivity contribution is 5.69. The van der Waals surface area contributed by atoms with Crippen LogP contribution in [0.4, 0.5) is 0 Å². The Morgan fingerprint density at radius 2 is 0.966 bits per heavy atom. The monoisotopic (exact) mass is 408 g/mol. The lowest BCUT2D eigenvalue weighted by Crippen LogP contribution is -2.05. The summed E-state index contributed by atoms with van der Waals surface area (Å²) in [6.45, 7) is 5.06. The molecule has 2 nitrogen and oxygen atoms in total. The fourth-order valence-electron chi connectivity index (χ4n) is 3.66. The van der Waals surface area contributed by atoms with E-state index in [2.05, 4.69) is 26.0 Å². The average molecular weight is 409 g/mol. The Morgan fingerprint density at radius 1 is 0.552 bits per heavy atom. The second-order valence-corrected chi connectivity index (χ2v) is 8.68. The second kappa shape index (κ2) is 25.2. The molecule has 0 heterocycles. The van der Waals surface area contributed by atoms with Gasteiger partial charge in [-0.3, -0.25) is 4.79 Å². The van der Waals surface area contributed by atoms with E-state index in [9.17, 15) is 4.79 Å². The summed E-state index contributed by atoms with van der Waals surface area (Å²) in [7, 11) is 0. The van der Waals surface area contributed by atoms with E-state index in [1.165, 1.54) is 109 Å². The lowest BCUT2D eigenvalue weighted by atomic mass is 10.1. The summed E-state index contributed by atoms with van der Waals surface area (Å²) < 4.78 is 5.24. The van der Waals surface area contributed by atoms with Crippen LogP contribution in [0.3, 0.4) is 0 Å². The fourth-order valence-corrected chi connectivity index (χ4v) is 3.66. The first-order valence-electron chi connectivity index (χ1n) is 13.1. The average Bonchev–Trinajstić information content (AvgIpc) is 2.73. The van der Waals surface area contributed by atoms with Crippen LogP contribution in [0, 0.1) is 0 Å². The zero-order valence-electron chi connectivity index (χ0n) is 20.0. The number of carbonyl (C=O) groups excluding carboxylic acids is 1. The minimum Gasteiger partial charge on any atom is -0.466 e. The lowest BCUT2D eigenvalue weighted by molar-refractivity contribution is -0.143. The summed E-state index contributed by atoms with van der Waals surface area (Å²) in [5, 5.41) is 0. The van der Waals surface area contributed by atoms with Crippen LogP contribution in [0.25, 0.3) is 0 Å². The molecule has 0 aromatic heterocycles. The number of hydrogen-bond donors (Lipinski definition) is 0. The summed E-state index contributed by atoms with van der Waals surface area (Å²) in [5.41, 5.74) is 0. The molecule has 0 saturated heterocycles. The van der Waals surface area contributed by atoms with E-state index in [1.54, 1.807) is 0 Å². The molecule has 0 bridgehead atoms. The number of unbranched alkanes of at least 4 members (excludes halogenated alkanes) is 17. The highest BCUT2D eigenvalue weighted by atomic mass is 16.5. The summed E-state index contributed by atoms with van der Waals surface area (Å²) in [4.78, 5) is 11.6. The maximum atomic E-state index is 11.6. The molecule has 0 aliphatic carbocycles. The van der Waals surface area contributed by atoms with E-state index in [1.807, 2.05) is 0 Å². The molecule has 0 radical (unpaired) electrons. The van der Waals surface area contributed by atoms with Crippen LogP contribution in [0.5, 0.6) is 0 Å². The van der Waals surface area contributed by atoms with Crippen LogP contribution >= 0.6 is 0 Å². The van der Waals surface area contributed by atoms with Gasteiger partial charge in [-0.1, -0.05) is 116 Å². The molecule has 0 amide bonds. The van der Waals surface area contributed by atoms with Crippen LogP contribution in [-0.2, 0) is 9.53 Å². The van der Waals surface area contributed by atoms with Crippen molar-refractivity contribution >= 4 is 5.97 Å². The van der Waals surface area contributed by atoms with Gasteiger partial charge in [0.2, 0.25) is 0 Å². The molecule has 0 aliphatic rings. The van der Waals surface area contributed by atoms with Crippen LogP contribution in [0.2, 0.25) is 0 Å². The van der Waals surface area contributed by atoms with Gasteiger partial charge in [-0.15, -0.1) is 0 Å². The van der Waals surface area contributed by atoms with E-state index in [0.717, 1.165) is 19.3 Å². The van der Waals surface area contributed by atoms with Gasteiger partial charge in [0.05, 0.1) is 6.61 Å². The summed E-state index contributed by atoms with van der Waals surface area (Å²) >= 11 is 0. The lowest BCUT2D eigenvalue weighted by Gasteiger charge is -2.04. The minimum atomic E-state index is 0.00197. The van der Waals surface area contributed by atoms with Crippen molar-refractivity contribution < 1.29 is 9.53 Å². The Kier molecular flexibility index (Phi) is 24.6. The molecule has 0 rings (SSSR count). The Hall–Kier alpha value is -0.790. The maximum absolute atomic E-state index is 11.6. The fraction of sp³-hybridized carbons (Fsp3) is 0.889. The third kappa shape index (κ3) is 25.2. The Labute approximate surface area is 183 Å². The zero-order valence-corrected chi connectivity index (χ0v) is 20.0. The van der Waals surface area contributed by atoms with Gasteiger partial charge in [0.1, 0.15) is 0 Å². The van der Waals surface area contributed by atoms with Crippen molar-refractivity contribution in [3.8, 4) is 0 Å². The van der Waals surface area contributed by atoms with Crippen LogP contribution < -0.4 is 0 Å². The van der Waals surface area contributed by atoms with Crippen LogP contribution in [-0.4, -0.2) is 12.6 Å². The van der Waals surface area contributed by atoms with Gasteiger partial charge in [0, 0.05) is 6.42 Å². The summed E-state index contributed by atoms with van der Waals surface area (Å²) in [6, 6.07) is 0. The molecule has 0 aliphatic heterocycles. The van der Waals surface area contributed by atoms with Crippen molar-refractivity contribution in [1.29, 1.82) is 0 Å². The minimum absolute atomic E-state index is 0.00197. The van der Waals surface area contributed by atoms with E-state index in [-0.39, 0.29) is 5.97 Å². The molecule has 0 spiro atoms. The van der Waals surface area contributed by atoms with Crippen molar-refractivity contribution in [2.45, 2.75) is 149 Å². The number of ether oxygens (including phenoxy) is 1. The Balaban J connectivity index is 3.14. The highest BCUT2D eigenvalue weighted by Gasteiger charge is 2.02. The third-order valence-electron chi connectivity index (χ3n) is 5.65. The largest absolute Gasteiger partial charge is 0.466 e. The first-order chi connectivity index (χ1) is 14.3. The van der Waals surface area contributed by atoms with Crippen molar-refractivity contribution in [3.05, 3.63) is 12.2 Å². The Bertz CT molecular complexity index is 348. The van der Waals surface area contributed by atoms with Crippen LogP contribution in [0.1, 0.15) is 149 Å². The number of allylic oxidation sites excluding steroid dienone is 2. The van der Waals surface area contributed by atoms with Gasteiger partial charge in [-0.25, -0.2) is 0 Å². The molecule has 0 unspecified atom stereocenters. The number of carbonyl (C=O) groups is 1. The molecule has 0 saturated carbocycles. The molecule has 0 N–H and O–H groups in total. The molecule has 0 aromatic rings. The molecular formula is C27H52O2. The number of esters is 1. The second-order valence-electron chi connectivity index (χ2n) is 8.68. The molecule has 0 fully saturated rings. The molecule has 2 heteroatoms. The van der Waals surface area contributed by atoms with E-state index >= 15 is 0 Å². The molecule has 29 heavy (non-hydrogen) atoms. The smallest absolute Gasteiger partial charge is 0.305 e. The molecule has 0 aromatic carbocycles. The van der Waals surface area contributed by atoms with Gasteiger partial charge in [0.25, 0.3) is 0 Å². The SMILES string of the molecule is CCCCCCCC/C=C\CCCCCCCCCCCC(=O)OCCCCC. The van der Waals surface area contributed by atoms with Crippen LogP contribution in [0.15, 0.2) is 12.2 Å². The van der Waals surface area contributed by atoms with E-state index in [0.29, 0.717) is 13.0 Å².